The zero-order chi connectivity index (χ0) is 15.3. The van der Waals surface area contributed by atoms with Gasteiger partial charge in [0.05, 0.1) is 18.7 Å². The zero-order valence-electron chi connectivity index (χ0n) is 12.6. The SMILES string of the molecule is COc1ccc(C#N)cc1CNCC(C)(C)c1cccs1. The molecule has 0 atom stereocenters. The van der Waals surface area contributed by atoms with Crippen LogP contribution in [0.3, 0.4) is 0 Å². The largest absolute Gasteiger partial charge is 0.496 e. The van der Waals surface area contributed by atoms with Crippen LogP contribution in [0.15, 0.2) is 35.7 Å². The van der Waals surface area contributed by atoms with Crippen LogP contribution in [0.25, 0.3) is 0 Å². The van der Waals surface area contributed by atoms with Crippen LogP contribution in [-0.4, -0.2) is 13.7 Å². The molecule has 110 valence electrons. The normalized spacial score (nSPS) is 11.1. The summed E-state index contributed by atoms with van der Waals surface area (Å²) in [5, 5.41) is 14.6. The van der Waals surface area contributed by atoms with Crippen molar-refractivity contribution in [1.82, 2.24) is 5.32 Å². The molecule has 1 N–H and O–H groups in total. The van der Waals surface area contributed by atoms with E-state index in [0.717, 1.165) is 17.9 Å². The van der Waals surface area contributed by atoms with E-state index >= 15 is 0 Å². The van der Waals surface area contributed by atoms with Crippen molar-refractivity contribution in [1.29, 1.82) is 5.26 Å². The maximum absolute atomic E-state index is 9.00. The molecular formula is C17H20N2OS. The highest BCUT2D eigenvalue weighted by atomic mass is 32.1. The Morgan fingerprint density at radius 2 is 2.14 bits per heavy atom. The van der Waals surface area contributed by atoms with Gasteiger partial charge in [-0.15, -0.1) is 11.3 Å². The average molecular weight is 300 g/mol. The van der Waals surface area contributed by atoms with Crippen molar-refractivity contribution in [2.75, 3.05) is 13.7 Å². The average Bonchev–Trinajstić information content (AvgIpc) is 3.02. The number of hydrogen-bond donors (Lipinski definition) is 1. The molecule has 0 saturated heterocycles. The second-order valence-corrected chi connectivity index (χ2v) is 6.55. The highest BCUT2D eigenvalue weighted by molar-refractivity contribution is 7.10. The number of nitrogens with one attached hydrogen (secondary N) is 1. The number of ether oxygens (including phenoxy) is 1. The van der Waals surface area contributed by atoms with Crippen LogP contribution < -0.4 is 10.1 Å². The molecule has 0 unspecified atom stereocenters. The molecule has 0 fully saturated rings. The molecule has 3 nitrogen and oxygen atoms in total. The topological polar surface area (TPSA) is 45.0 Å². The second kappa shape index (κ2) is 6.75. The van der Waals surface area contributed by atoms with Crippen molar-refractivity contribution in [2.45, 2.75) is 25.8 Å². The summed E-state index contributed by atoms with van der Waals surface area (Å²) in [6.07, 6.45) is 0. The molecule has 0 bridgehead atoms. The summed E-state index contributed by atoms with van der Waals surface area (Å²) in [5.41, 5.74) is 1.76. The molecule has 0 spiro atoms. The number of benzene rings is 1. The predicted molar refractivity (Wildman–Crippen MR) is 86.8 cm³/mol. The van der Waals surface area contributed by atoms with Crippen LogP contribution in [0.4, 0.5) is 0 Å². The Balaban J connectivity index is 2.02. The Labute approximate surface area is 130 Å². The van der Waals surface area contributed by atoms with Crippen molar-refractivity contribution < 1.29 is 4.74 Å². The summed E-state index contributed by atoms with van der Waals surface area (Å²) >= 11 is 1.78. The minimum absolute atomic E-state index is 0.0915. The maximum Gasteiger partial charge on any atom is 0.123 e. The van der Waals surface area contributed by atoms with E-state index in [1.165, 1.54) is 4.88 Å². The smallest absolute Gasteiger partial charge is 0.123 e. The Hall–Kier alpha value is -1.83. The van der Waals surface area contributed by atoms with Crippen LogP contribution in [0.1, 0.15) is 29.9 Å². The van der Waals surface area contributed by atoms with E-state index < -0.39 is 0 Å². The molecule has 1 aromatic carbocycles. The summed E-state index contributed by atoms with van der Waals surface area (Å²) in [7, 11) is 1.65. The predicted octanol–water partition coefficient (Wildman–Crippen LogP) is 3.70. The first-order valence-electron chi connectivity index (χ1n) is 6.88. The number of hydrogen-bond acceptors (Lipinski definition) is 4. The summed E-state index contributed by atoms with van der Waals surface area (Å²) in [6, 6.07) is 11.9. The van der Waals surface area contributed by atoms with E-state index in [9.17, 15) is 0 Å². The molecule has 0 saturated carbocycles. The monoisotopic (exact) mass is 300 g/mol. The van der Waals surface area contributed by atoms with Crippen LogP contribution >= 0.6 is 11.3 Å². The van der Waals surface area contributed by atoms with Crippen molar-refractivity contribution in [3.05, 3.63) is 51.7 Å². The van der Waals surface area contributed by atoms with Gasteiger partial charge in [-0.05, 0) is 29.6 Å². The molecule has 0 aliphatic heterocycles. The lowest BCUT2D eigenvalue weighted by molar-refractivity contribution is 0.404. The molecule has 0 radical (unpaired) electrons. The standard InChI is InChI=1S/C17H20N2OS/c1-17(2,16-5-4-8-21-16)12-19-11-14-9-13(10-18)6-7-15(14)20-3/h4-9,19H,11-12H2,1-3H3. The third kappa shape index (κ3) is 3.84. The molecule has 0 amide bonds. The van der Waals surface area contributed by atoms with E-state index in [0.29, 0.717) is 12.1 Å². The van der Waals surface area contributed by atoms with Crippen LogP contribution in [0.2, 0.25) is 0 Å². The van der Waals surface area contributed by atoms with Crippen molar-refractivity contribution in [2.24, 2.45) is 0 Å². The van der Waals surface area contributed by atoms with Crippen molar-refractivity contribution >= 4 is 11.3 Å². The lowest BCUT2D eigenvalue weighted by Crippen LogP contribution is -2.32. The third-order valence-corrected chi connectivity index (χ3v) is 4.72. The minimum Gasteiger partial charge on any atom is -0.496 e. The summed E-state index contributed by atoms with van der Waals surface area (Å²) in [6.45, 7) is 6.02. The molecule has 1 aromatic heterocycles. The highest BCUT2D eigenvalue weighted by Gasteiger charge is 2.21. The number of nitrogens with zero attached hydrogens (tertiary/aromatic N) is 1. The Bertz CT molecular complexity index is 627. The first-order chi connectivity index (χ1) is 10.1. The Kier molecular flexibility index (Phi) is 5.00. The first-order valence-corrected chi connectivity index (χ1v) is 7.76. The van der Waals surface area contributed by atoms with Gasteiger partial charge in [0.1, 0.15) is 5.75 Å². The van der Waals surface area contributed by atoms with Gasteiger partial charge in [-0.2, -0.15) is 5.26 Å². The fourth-order valence-corrected chi connectivity index (χ4v) is 3.10. The molecule has 21 heavy (non-hydrogen) atoms. The molecule has 2 aromatic rings. The quantitative estimate of drug-likeness (QED) is 0.885. The fraction of sp³-hybridized carbons (Fsp3) is 0.353. The minimum atomic E-state index is 0.0915. The highest BCUT2D eigenvalue weighted by Crippen LogP contribution is 2.27. The van der Waals surface area contributed by atoms with Gasteiger partial charge in [-0.25, -0.2) is 0 Å². The van der Waals surface area contributed by atoms with E-state index in [-0.39, 0.29) is 5.41 Å². The Morgan fingerprint density at radius 3 is 2.76 bits per heavy atom. The van der Waals surface area contributed by atoms with Gasteiger partial charge < -0.3 is 10.1 Å². The van der Waals surface area contributed by atoms with E-state index in [1.807, 2.05) is 12.1 Å². The van der Waals surface area contributed by atoms with Crippen molar-refractivity contribution in [3.8, 4) is 11.8 Å². The Morgan fingerprint density at radius 1 is 1.33 bits per heavy atom. The van der Waals surface area contributed by atoms with Gasteiger partial charge in [0, 0.05) is 28.9 Å². The lowest BCUT2D eigenvalue weighted by Gasteiger charge is -2.24. The van der Waals surface area contributed by atoms with Gasteiger partial charge in [0.25, 0.3) is 0 Å². The molecule has 2 rings (SSSR count). The van der Waals surface area contributed by atoms with Gasteiger partial charge in [0.15, 0.2) is 0 Å². The van der Waals surface area contributed by atoms with Crippen LogP contribution in [0, 0.1) is 11.3 Å². The molecule has 0 aliphatic carbocycles. The third-order valence-electron chi connectivity index (χ3n) is 3.48. The molecule has 1 heterocycles. The summed E-state index contributed by atoms with van der Waals surface area (Å²) in [5.74, 6) is 0.815. The van der Waals surface area contributed by atoms with Gasteiger partial charge in [-0.1, -0.05) is 19.9 Å². The zero-order valence-corrected chi connectivity index (χ0v) is 13.5. The second-order valence-electron chi connectivity index (χ2n) is 5.60. The maximum atomic E-state index is 9.00. The first kappa shape index (κ1) is 15.6. The van der Waals surface area contributed by atoms with Crippen LogP contribution in [-0.2, 0) is 12.0 Å². The van der Waals surface area contributed by atoms with Gasteiger partial charge in [0.2, 0.25) is 0 Å². The van der Waals surface area contributed by atoms with E-state index in [1.54, 1.807) is 24.5 Å². The van der Waals surface area contributed by atoms with Crippen molar-refractivity contribution in [3.63, 3.8) is 0 Å². The van der Waals surface area contributed by atoms with Crippen LogP contribution in [0.5, 0.6) is 5.75 Å². The molecule has 4 heteroatoms. The number of thiophene rings is 1. The lowest BCUT2D eigenvalue weighted by atomic mass is 9.91. The van der Waals surface area contributed by atoms with E-state index in [4.69, 9.17) is 10.00 Å². The summed E-state index contributed by atoms with van der Waals surface area (Å²) in [4.78, 5) is 1.37. The van der Waals surface area contributed by atoms with Gasteiger partial charge >= 0.3 is 0 Å². The number of nitriles is 1. The van der Waals surface area contributed by atoms with E-state index in [2.05, 4.69) is 42.7 Å². The van der Waals surface area contributed by atoms with Gasteiger partial charge in [-0.3, -0.25) is 0 Å². The molecular weight excluding hydrogens is 280 g/mol. The summed E-state index contributed by atoms with van der Waals surface area (Å²) < 4.78 is 5.35. The number of rotatable bonds is 6. The molecule has 0 aliphatic rings. The number of methoxy groups -OCH3 is 1. The fourth-order valence-electron chi connectivity index (χ4n) is 2.25.